The third kappa shape index (κ3) is 2.98. The predicted molar refractivity (Wildman–Crippen MR) is 79.9 cm³/mol. The third-order valence-electron chi connectivity index (χ3n) is 2.81. The molecule has 1 heterocycles. The van der Waals surface area contributed by atoms with Crippen LogP contribution in [0.4, 0.5) is 5.69 Å². The van der Waals surface area contributed by atoms with Crippen LogP contribution in [-0.4, -0.2) is 16.9 Å². The standard InChI is InChI=1S/C13H16ClN3OS/c1-8-13(14)10(17(2)16-8)7-19-12-5-4-9(15)6-11(12)18-3/h4-6H,7,15H2,1-3H3. The Kier molecular flexibility index (Phi) is 4.27. The molecule has 1 aromatic carbocycles. The smallest absolute Gasteiger partial charge is 0.134 e. The van der Waals surface area contributed by atoms with Gasteiger partial charge in [-0.3, -0.25) is 4.68 Å². The van der Waals surface area contributed by atoms with Crippen LogP contribution in [0.15, 0.2) is 23.1 Å². The van der Waals surface area contributed by atoms with Gasteiger partial charge in [-0.1, -0.05) is 11.6 Å². The molecule has 102 valence electrons. The Balaban J connectivity index is 2.19. The molecule has 6 heteroatoms. The van der Waals surface area contributed by atoms with Gasteiger partial charge in [0, 0.05) is 29.4 Å². The normalized spacial score (nSPS) is 10.7. The van der Waals surface area contributed by atoms with Gasteiger partial charge in [-0.15, -0.1) is 11.8 Å². The molecule has 0 aliphatic heterocycles. The molecule has 0 unspecified atom stereocenters. The molecule has 19 heavy (non-hydrogen) atoms. The fraction of sp³-hybridized carbons (Fsp3) is 0.308. The first-order valence-electron chi connectivity index (χ1n) is 5.77. The van der Waals surface area contributed by atoms with Crippen LogP contribution in [0.3, 0.4) is 0 Å². The zero-order valence-corrected chi connectivity index (χ0v) is 12.7. The number of nitrogens with two attached hydrogens (primary N) is 1. The summed E-state index contributed by atoms with van der Waals surface area (Å²) in [5.74, 6) is 1.51. The number of anilines is 1. The van der Waals surface area contributed by atoms with E-state index in [-0.39, 0.29) is 0 Å². The summed E-state index contributed by atoms with van der Waals surface area (Å²) in [5.41, 5.74) is 8.28. The Hall–Kier alpha value is -1.33. The second-order valence-corrected chi connectivity index (χ2v) is 5.56. The predicted octanol–water partition coefficient (Wildman–Crippen LogP) is 3.27. The molecule has 2 N–H and O–H groups in total. The number of benzene rings is 1. The number of aryl methyl sites for hydroxylation is 2. The number of hydrogen-bond donors (Lipinski definition) is 1. The van der Waals surface area contributed by atoms with Crippen molar-refractivity contribution in [1.29, 1.82) is 0 Å². The van der Waals surface area contributed by atoms with Crippen LogP contribution in [0, 0.1) is 6.92 Å². The van der Waals surface area contributed by atoms with Crippen molar-refractivity contribution < 1.29 is 4.74 Å². The molecule has 0 radical (unpaired) electrons. The van der Waals surface area contributed by atoms with Crippen molar-refractivity contribution in [3.8, 4) is 5.75 Å². The second kappa shape index (κ2) is 5.75. The minimum absolute atomic E-state index is 0.690. The summed E-state index contributed by atoms with van der Waals surface area (Å²) in [4.78, 5) is 1.03. The maximum Gasteiger partial charge on any atom is 0.134 e. The maximum absolute atomic E-state index is 6.23. The molecule has 0 saturated carbocycles. The Bertz CT molecular complexity index is 598. The molecule has 0 atom stereocenters. The quantitative estimate of drug-likeness (QED) is 0.695. The number of thioether (sulfide) groups is 1. The Morgan fingerprint density at radius 2 is 2.21 bits per heavy atom. The summed E-state index contributed by atoms with van der Waals surface area (Å²) in [5, 5.41) is 5.03. The summed E-state index contributed by atoms with van der Waals surface area (Å²) in [6, 6.07) is 5.63. The first kappa shape index (κ1) is 14.1. The fourth-order valence-electron chi connectivity index (χ4n) is 1.79. The minimum atomic E-state index is 0.690. The van der Waals surface area contributed by atoms with E-state index in [0.717, 1.165) is 32.8 Å². The Morgan fingerprint density at radius 3 is 2.79 bits per heavy atom. The topological polar surface area (TPSA) is 53.1 Å². The van der Waals surface area contributed by atoms with Gasteiger partial charge in [-0.05, 0) is 19.1 Å². The van der Waals surface area contributed by atoms with E-state index in [1.807, 2.05) is 36.9 Å². The third-order valence-corrected chi connectivity index (χ3v) is 4.37. The first-order valence-corrected chi connectivity index (χ1v) is 7.13. The lowest BCUT2D eigenvalue weighted by Crippen LogP contribution is -1.97. The van der Waals surface area contributed by atoms with Crippen LogP contribution in [0.2, 0.25) is 5.02 Å². The highest BCUT2D eigenvalue weighted by Crippen LogP contribution is 2.34. The van der Waals surface area contributed by atoms with E-state index < -0.39 is 0 Å². The van der Waals surface area contributed by atoms with Crippen LogP contribution in [-0.2, 0) is 12.8 Å². The van der Waals surface area contributed by atoms with Crippen LogP contribution in [0.5, 0.6) is 5.75 Å². The zero-order chi connectivity index (χ0) is 14.0. The molecular formula is C13H16ClN3OS. The van der Waals surface area contributed by atoms with Gasteiger partial charge in [0.25, 0.3) is 0 Å². The van der Waals surface area contributed by atoms with Crippen LogP contribution >= 0.6 is 23.4 Å². The molecule has 0 aliphatic carbocycles. The van der Waals surface area contributed by atoms with E-state index in [1.165, 1.54) is 0 Å². The lowest BCUT2D eigenvalue weighted by Gasteiger charge is -2.09. The van der Waals surface area contributed by atoms with Gasteiger partial charge in [0.15, 0.2) is 0 Å². The molecule has 0 aliphatic rings. The van der Waals surface area contributed by atoms with E-state index in [2.05, 4.69) is 5.10 Å². The van der Waals surface area contributed by atoms with Crippen molar-refractivity contribution in [2.45, 2.75) is 17.6 Å². The molecule has 2 aromatic rings. The fourth-order valence-corrected chi connectivity index (χ4v) is 3.16. The number of rotatable bonds is 4. The van der Waals surface area contributed by atoms with Crippen molar-refractivity contribution in [3.05, 3.63) is 34.6 Å². The molecule has 1 aromatic heterocycles. The highest BCUT2D eigenvalue weighted by molar-refractivity contribution is 7.98. The summed E-state index contributed by atoms with van der Waals surface area (Å²) in [6.45, 7) is 1.90. The average molecular weight is 298 g/mol. The molecule has 0 fully saturated rings. The van der Waals surface area contributed by atoms with Crippen molar-refractivity contribution in [3.63, 3.8) is 0 Å². The first-order chi connectivity index (χ1) is 9.02. The number of aromatic nitrogens is 2. The van der Waals surface area contributed by atoms with Crippen LogP contribution in [0.25, 0.3) is 0 Å². The van der Waals surface area contributed by atoms with E-state index in [0.29, 0.717) is 5.69 Å². The van der Waals surface area contributed by atoms with Gasteiger partial charge >= 0.3 is 0 Å². The average Bonchev–Trinajstić information content (AvgIpc) is 2.62. The van der Waals surface area contributed by atoms with Crippen molar-refractivity contribution in [2.75, 3.05) is 12.8 Å². The second-order valence-electron chi connectivity index (χ2n) is 4.17. The summed E-state index contributed by atoms with van der Waals surface area (Å²) in [6.07, 6.45) is 0. The lowest BCUT2D eigenvalue weighted by atomic mass is 10.3. The van der Waals surface area contributed by atoms with Crippen molar-refractivity contribution >= 4 is 29.1 Å². The maximum atomic E-state index is 6.23. The minimum Gasteiger partial charge on any atom is -0.496 e. The van der Waals surface area contributed by atoms with Crippen LogP contribution in [0.1, 0.15) is 11.4 Å². The highest BCUT2D eigenvalue weighted by Gasteiger charge is 2.12. The number of methoxy groups -OCH3 is 1. The molecule has 2 rings (SSSR count). The van der Waals surface area contributed by atoms with Crippen molar-refractivity contribution in [2.24, 2.45) is 7.05 Å². The molecule has 0 bridgehead atoms. The molecule has 0 spiro atoms. The van der Waals surface area contributed by atoms with E-state index >= 15 is 0 Å². The van der Waals surface area contributed by atoms with Gasteiger partial charge in [0.2, 0.25) is 0 Å². The number of nitrogen functional groups attached to an aromatic ring is 1. The van der Waals surface area contributed by atoms with E-state index in [1.54, 1.807) is 18.9 Å². The number of ether oxygens (including phenoxy) is 1. The Labute approximate surface area is 121 Å². The lowest BCUT2D eigenvalue weighted by molar-refractivity contribution is 0.405. The SMILES string of the molecule is COc1cc(N)ccc1SCc1c(Cl)c(C)nn1C. The van der Waals surface area contributed by atoms with Crippen molar-refractivity contribution in [1.82, 2.24) is 9.78 Å². The highest BCUT2D eigenvalue weighted by atomic mass is 35.5. The number of hydrogen-bond acceptors (Lipinski definition) is 4. The molecule has 4 nitrogen and oxygen atoms in total. The van der Waals surface area contributed by atoms with E-state index in [9.17, 15) is 0 Å². The molecule has 0 saturated heterocycles. The monoisotopic (exact) mass is 297 g/mol. The summed E-state index contributed by atoms with van der Waals surface area (Å²) < 4.78 is 7.14. The van der Waals surface area contributed by atoms with Gasteiger partial charge < -0.3 is 10.5 Å². The summed E-state index contributed by atoms with van der Waals surface area (Å²) >= 11 is 7.88. The van der Waals surface area contributed by atoms with E-state index in [4.69, 9.17) is 22.1 Å². The Morgan fingerprint density at radius 1 is 1.47 bits per heavy atom. The van der Waals surface area contributed by atoms with Crippen LogP contribution < -0.4 is 10.5 Å². The molecule has 0 amide bonds. The van der Waals surface area contributed by atoms with Gasteiger partial charge in [-0.2, -0.15) is 5.10 Å². The molecular weight excluding hydrogens is 282 g/mol. The van der Waals surface area contributed by atoms with Gasteiger partial charge in [0.05, 0.1) is 23.5 Å². The van der Waals surface area contributed by atoms with Gasteiger partial charge in [-0.25, -0.2) is 0 Å². The zero-order valence-electron chi connectivity index (χ0n) is 11.1. The van der Waals surface area contributed by atoms with Gasteiger partial charge in [0.1, 0.15) is 5.75 Å². The number of nitrogens with zero attached hydrogens (tertiary/aromatic N) is 2. The summed E-state index contributed by atoms with van der Waals surface area (Å²) in [7, 11) is 3.54. The largest absolute Gasteiger partial charge is 0.496 e. The number of halogens is 1.